The third-order valence-electron chi connectivity index (χ3n) is 3.96. The summed E-state index contributed by atoms with van der Waals surface area (Å²) < 4.78 is 12.9. The van der Waals surface area contributed by atoms with E-state index in [1.807, 2.05) is 44.5 Å². The Hall–Kier alpha value is -1.33. The number of nitrogens with zero attached hydrogens (tertiary/aromatic N) is 2. The molecule has 1 atom stereocenters. The molecule has 23 heavy (non-hydrogen) atoms. The van der Waals surface area contributed by atoms with Gasteiger partial charge in [0.2, 0.25) is 0 Å². The molecule has 1 aromatic heterocycles. The summed E-state index contributed by atoms with van der Waals surface area (Å²) in [6.07, 6.45) is 3.14. The van der Waals surface area contributed by atoms with E-state index in [-0.39, 0.29) is 12.5 Å². The lowest BCUT2D eigenvalue weighted by molar-refractivity contribution is -0.155. The third-order valence-corrected chi connectivity index (χ3v) is 3.96. The summed E-state index contributed by atoms with van der Waals surface area (Å²) in [5.74, 6) is 0.440. The van der Waals surface area contributed by atoms with Crippen LogP contribution in [0.2, 0.25) is 0 Å². The zero-order valence-electron chi connectivity index (χ0n) is 14.9. The zero-order chi connectivity index (χ0) is 16.9. The van der Waals surface area contributed by atoms with Crippen LogP contribution in [-0.4, -0.2) is 47.3 Å². The molecule has 1 aliphatic heterocycles. The Labute approximate surface area is 139 Å². The Morgan fingerprint density at radius 1 is 1.39 bits per heavy atom. The van der Waals surface area contributed by atoms with Crippen LogP contribution in [0.3, 0.4) is 0 Å². The standard InChI is InChI=1S/C18H30N2O3/c1-5-22-14-15-8-10-19(11-15)12-16-7-6-9-20(16)13-17(21)23-18(2,3)4/h6-7,9,15H,5,8,10-14H2,1-4H3. The summed E-state index contributed by atoms with van der Waals surface area (Å²) >= 11 is 0. The normalized spacial score (nSPS) is 19.2. The highest BCUT2D eigenvalue weighted by atomic mass is 16.6. The maximum Gasteiger partial charge on any atom is 0.326 e. The van der Waals surface area contributed by atoms with Crippen LogP contribution in [0.1, 0.15) is 39.8 Å². The Kier molecular flexibility index (Phi) is 6.25. The Balaban J connectivity index is 1.85. The zero-order valence-corrected chi connectivity index (χ0v) is 14.9. The lowest BCUT2D eigenvalue weighted by atomic mass is 10.1. The summed E-state index contributed by atoms with van der Waals surface area (Å²) in [5.41, 5.74) is 0.721. The molecule has 0 saturated carbocycles. The number of carbonyl (C=O) groups is 1. The molecule has 5 nitrogen and oxygen atoms in total. The SMILES string of the molecule is CCOCC1CCN(Cc2cccn2CC(=O)OC(C)(C)C)C1. The van der Waals surface area contributed by atoms with Crippen LogP contribution in [0.4, 0.5) is 0 Å². The second kappa shape index (κ2) is 7.97. The number of aromatic nitrogens is 1. The first kappa shape index (κ1) is 18.0. The summed E-state index contributed by atoms with van der Waals surface area (Å²) in [6, 6.07) is 4.08. The monoisotopic (exact) mass is 322 g/mol. The van der Waals surface area contributed by atoms with Crippen LogP contribution in [0, 0.1) is 5.92 Å². The number of ether oxygens (including phenoxy) is 2. The quantitative estimate of drug-likeness (QED) is 0.724. The van der Waals surface area contributed by atoms with Crippen molar-refractivity contribution in [2.75, 3.05) is 26.3 Å². The van der Waals surface area contributed by atoms with Crippen molar-refractivity contribution in [3.63, 3.8) is 0 Å². The smallest absolute Gasteiger partial charge is 0.326 e. The van der Waals surface area contributed by atoms with E-state index in [1.54, 1.807) is 0 Å². The molecule has 1 unspecified atom stereocenters. The van der Waals surface area contributed by atoms with E-state index < -0.39 is 5.60 Å². The predicted octanol–water partition coefficient (Wildman–Crippen LogP) is 2.69. The maximum absolute atomic E-state index is 12.0. The molecule has 2 rings (SSSR count). The van der Waals surface area contributed by atoms with E-state index in [0.29, 0.717) is 5.92 Å². The Morgan fingerprint density at radius 3 is 2.87 bits per heavy atom. The maximum atomic E-state index is 12.0. The van der Waals surface area contributed by atoms with Crippen molar-refractivity contribution in [2.24, 2.45) is 5.92 Å². The molecule has 0 radical (unpaired) electrons. The van der Waals surface area contributed by atoms with E-state index in [9.17, 15) is 4.79 Å². The highest BCUT2D eigenvalue weighted by molar-refractivity contribution is 5.69. The van der Waals surface area contributed by atoms with Crippen molar-refractivity contribution in [1.29, 1.82) is 0 Å². The third kappa shape index (κ3) is 5.99. The van der Waals surface area contributed by atoms with E-state index in [2.05, 4.69) is 11.0 Å². The van der Waals surface area contributed by atoms with Gasteiger partial charge in [-0.15, -0.1) is 0 Å². The van der Waals surface area contributed by atoms with Crippen LogP contribution in [0.25, 0.3) is 0 Å². The van der Waals surface area contributed by atoms with Gasteiger partial charge < -0.3 is 14.0 Å². The lowest BCUT2D eigenvalue weighted by Crippen LogP contribution is -2.28. The molecule has 1 fully saturated rings. The molecule has 0 bridgehead atoms. The molecule has 2 heterocycles. The van der Waals surface area contributed by atoms with Gasteiger partial charge in [-0.2, -0.15) is 0 Å². The molecule has 1 aromatic rings. The van der Waals surface area contributed by atoms with Crippen molar-refractivity contribution in [3.8, 4) is 0 Å². The van der Waals surface area contributed by atoms with Crippen molar-refractivity contribution in [2.45, 2.75) is 52.8 Å². The highest BCUT2D eigenvalue weighted by Crippen LogP contribution is 2.19. The topological polar surface area (TPSA) is 43.7 Å². The van der Waals surface area contributed by atoms with Gasteiger partial charge in [0.25, 0.3) is 0 Å². The fraction of sp³-hybridized carbons (Fsp3) is 0.722. The number of hydrogen-bond acceptors (Lipinski definition) is 4. The minimum absolute atomic E-state index is 0.189. The predicted molar refractivity (Wildman–Crippen MR) is 90.2 cm³/mol. The van der Waals surface area contributed by atoms with Crippen molar-refractivity contribution >= 4 is 5.97 Å². The first-order chi connectivity index (χ1) is 10.9. The average molecular weight is 322 g/mol. The molecule has 0 aliphatic carbocycles. The van der Waals surface area contributed by atoms with Crippen LogP contribution in [0.15, 0.2) is 18.3 Å². The van der Waals surface area contributed by atoms with E-state index in [0.717, 1.165) is 38.5 Å². The van der Waals surface area contributed by atoms with Crippen molar-refractivity contribution in [3.05, 3.63) is 24.0 Å². The van der Waals surface area contributed by atoms with Crippen molar-refractivity contribution in [1.82, 2.24) is 9.47 Å². The summed E-state index contributed by atoms with van der Waals surface area (Å²) in [7, 11) is 0. The first-order valence-corrected chi connectivity index (χ1v) is 8.53. The number of rotatable bonds is 7. The fourth-order valence-electron chi connectivity index (χ4n) is 2.97. The minimum Gasteiger partial charge on any atom is -0.459 e. The molecule has 0 amide bonds. The van der Waals surface area contributed by atoms with Gasteiger partial charge in [0.15, 0.2) is 0 Å². The largest absolute Gasteiger partial charge is 0.459 e. The first-order valence-electron chi connectivity index (χ1n) is 8.53. The van der Waals surface area contributed by atoms with Gasteiger partial charge in [0, 0.05) is 31.6 Å². The molecular weight excluding hydrogens is 292 g/mol. The Morgan fingerprint density at radius 2 is 2.17 bits per heavy atom. The molecule has 1 aliphatic rings. The minimum atomic E-state index is -0.439. The van der Waals surface area contributed by atoms with Gasteiger partial charge in [-0.1, -0.05) is 0 Å². The van der Waals surface area contributed by atoms with E-state index >= 15 is 0 Å². The van der Waals surface area contributed by atoms with Gasteiger partial charge in [-0.3, -0.25) is 9.69 Å². The van der Waals surface area contributed by atoms with Crippen LogP contribution in [-0.2, 0) is 27.4 Å². The molecule has 0 N–H and O–H groups in total. The molecule has 0 spiro atoms. The van der Waals surface area contributed by atoms with Gasteiger partial charge in [0.05, 0.1) is 6.61 Å². The number of likely N-dealkylation sites (tertiary alicyclic amines) is 1. The summed E-state index contributed by atoms with van der Waals surface area (Å²) in [4.78, 5) is 14.4. The number of hydrogen-bond donors (Lipinski definition) is 0. The lowest BCUT2D eigenvalue weighted by Gasteiger charge is -2.21. The van der Waals surface area contributed by atoms with Crippen LogP contribution in [0.5, 0.6) is 0 Å². The Bertz CT molecular complexity index is 505. The summed E-state index contributed by atoms with van der Waals surface area (Å²) in [5, 5.41) is 0. The molecule has 0 aromatic carbocycles. The molecular formula is C18H30N2O3. The van der Waals surface area contributed by atoms with E-state index in [4.69, 9.17) is 9.47 Å². The second-order valence-corrected chi connectivity index (χ2v) is 7.26. The molecule has 5 heteroatoms. The van der Waals surface area contributed by atoms with Crippen molar-refractivity contribution < 1.29 is 14.3 Å². The number of esters is 1. The molecule has 1 saturated heterocycles. The average Bonchev–Trinajstić information content (AvgIpc) is 3.05. The molecule has 130 valence electrons. The van der Waals surface area contributed by atoms with Crippen LogP contribution < -0.4 is 0 Å². The van der Waals surface area contributed by atoms with Gasteiger partial charge in [0.1, 0.15) is 12.1 Å². The second-order valence-electron chi connectivity index (χ2n) is 7.26. The van der Waals surface area contributed by atoms with Gasteiger partial charge >= 0.3 is 5.97 Å². The number of carbonyl (C=O) groups excluding carboxylic acids is 1. The van der Waals surface area contributed by atoms with E-state index in [1.165, 1.54) is 6.42 Å². The van der Waals surface area contributed by atoms with Gasteiger partial charge in [-0.25, -0.2) is 0 Å². The van der Waals surface area contributed by atoms with Gasteiger partial charge in [-0.05, 0) is 58.7 Å². The summed E-state index contributed by atoms with van der Waals surface area (Å²) in [6.45, 7) is 12.7. The van der Waals surface area contributed by atoms with Crippen LogP contribution >= 0.6 is 0 Å². The highest BCUT2D eigenvalue weighted by Gasteiger charge is 2.23. The fourth-order valence-corrected chi connectivity index (χ4v) is 2.97.